The molecule has 1 atom stereocenters. The molecule has 1 N–H and O–H groups in total. The highest BCUT2D eigenvalue weighted by Crippen LogP contribution is 2.18. The van der Waals surface area contributed by atoms with Gasteiger partial charge in [0.2, 0.25) is 0 Å². The molecule has 5 nitrogen and oxygen atoms in total. The van der Waals surface area contributed by atoms with Crippen molar-refractivity contribution in [3.63, 3.8) is 0 Å². The predicted molar refractivity (Wildman–Crippen MR) is 58.8 cm³/mol. The molecule has 16 heavy (non-hydrogen) atoms. The van der Waals surface area contributed by atoms with Crippen molar-refractivity contribution in [3.05, 3.63) is 11.9 Å². The summed E-state index contributed by atoms with van der Waals surface area (Å²) in [5.74, 6) is 0.627. The molecule has 1 aromatic heterocycles. The van der Waals surface area contributed by atoms with Crippen LogP contribution in [0.4, 0.5) is 0 Å². The lowest BCUT2D eigenvalue weighted by Gasteiger charge is -2.21. The smallest absolute Gasteiger partial charge is 0.111 e. The molecule has 90 valence electrons. The molecule has 0 radical (unpaired) electrons. The van der Waals surface area contributed by atoms with E-state index in [0.717, 1.165) is 32.6 Å². The average Bonchev–Trinajstić information content (AvgIpc) is 2.78. The molecule has 2 rings (SSSR count). The first-order chi connectivity index (χ1) is 7.79. The lowest BCUT2D eigenvalue weighted by molar-refractivity contribution is 0.0599. The van der Waals surface area contributed by atoms with Gasteiger partial charge in [0.1, 0.15) is 5.69 Å². The van der Waals surface area contributed by atoms with Gasteiger partial charge < -0.3 is 9.84 Å². The van der Waals surface area contributed by atoms with Crippen molar-refractivity contribution >= 4 is 0 Å². The fraction of sp³-hybridized carbons (Fsp3) is 0.818. The molecule has 1 fully saturated rings. The van der Waals surface area contributed by atoms with Gasteiger partial charge in [0.25, 0.3) is 0 Å². The van der Waals surface area contributed by atoms with Crippen molar-refractivity contribution in [2.75, 3.05) is 13.2 Å². The minimum absolute atomic E-state index is 0.483. The van der Waals surface area contributed by atoms with Crippen LogP contribution in [-0.2, 0) is 11.3 Å². The molecule has 2 heterocycles. The van der Waals surface area contributed by atoms with Crippen LogP contribution in [0.15, 0.2) is 6.20 Å². The molecule has 1 unspecified atom stereocenters. The molecule has 0 amide bonds. The highest BCUT2D eigenvalue weighted by atomic mass is 16.5. The quantitative estimate of drug-likeness (QED) is 0.835. The van der Waals surface area contributed by atoms with Crippen molar-refractivity contribution in [1.82, 2.24) is 15.0 Å². The van der Waals surface area contributed by atoms with Crippen molar-refractivity contribution in [2.45, 2.75) is 38.8 Å². The number of hydrogen-bond acceptors (Lipinski definition) is 4. The lowest BCUT2D eigenvalue weighted by Crippen LogP contribution is -2.20. The van der Waals surface area contributed by atoms with Gasteiger partial charge in [0, 0.05) is 19.8 Å². The first kappa shape index (κ1) is 11.5. The number of aromatic nitrogens is 3. The van der Waals surface area contributed by atoms with Crippen molar-refractivity contribution in [3.8, 4) is 0 Å². The van der Waals surface area contributed by atoms with Gasteiger partial charge in [-0.05, 0) is 25.2 Å². The van der Waals surface area contributed by atoms with Crippen molar-refractivity contribution in [1.29, 1.82) is 0 Å². The Morgan fingerprint density at radius 2 is 2.31 bits per heavy atom. The minimum Gasteiger partial charge on any atom is -0.387 e. The summed E-state index contributed by atoms with van der Waals surface area (Å²) in [5.41, 5.74) is 0.676. The number of rotatable bonds is 4. The Hall–Kier alpha value is -0.940. The number of ether oxygens (including phenoxy) is 1. The number of hydrogen-bond donors (Lipinski definition) is 1. The van der Waals surface area contributed by atoms with E-state index in [2.05, 4.69) is 10.3 Å². The Morgan fingerprint density at radius 3 is 3.00 bits per heavy atom. The molecule has 0 aliphatic carbocycles. The first-order valence-electron chi connectivity index (χ1n) is 5.95. The van der Waals surface area contributed by atoms with Gasteiger partial charge in [0.15, 0.2) is 0 Å². The van der Waals surface area contributed by atoms with Crippen molar-refractivity contribution in [2.24, 2.45) is 5.92 Å². The maximum atomic E-state index is 9.61. The van der Waals surface area contributed by atoms with E-state index in [9.17, 15) is 5.11 Å². The third-order valence-electron chi connectivity index (χ3n) is 3.07. The predicted octanol–water partition coefficient (Wildman–Crippen LogP) is 1.15. The molecule has 1 aromatic rings. The van der Waals surface area contributed by atoms with Gasteiger partial charge >= 0.3 is 0 Å². The highest BCUT2D eigenvalue weighted by Gasteiger charge is 2.16. The van der Waals surface area contributed by atoms with E-state index in [1.54, 1.807) is 0 Å². The Kier molecular flexibility index (Phi) is 3.90. The van der Waals surface area contributed by atoms with Crippen molar-refractivity contribution < 1.29 is 9.84 Å². The topological polar surface area (TPSA) is 60.2 Å². The monoisotopic (exact) mass is 225 g/mol. The molecule has 0 bridgehead atoms. The molecule has 1 aliphatic rings. The van der Waals surface area contributed by atoms with Gasteiger partial charge in [-0.3, -0.25) is 4.68 Å². The molecule has 1 saturated heterocycles. The molecule has 0 saturated carbocycles. The van der Waals surface area contributed by atoms with E-state index in [-0.39, 0.29) is 0 Å². The summed E-state index contributed by atoms with van der Waals surface area (Å²) in [5, 5.41) is 17.6. The first-order valence-corrected chi connectivity index (χ1v) is 5.95. The van der Waals surface area contributed by atoms with E-state index in [1.807, 2.05) is 17.8 Å². The second kappa shape index (κ2) is 5.41. The fourth-order valence-electron chi connectivity index (χ4n) is 1.96. The van der Waals surface area contributed by atoms with Crippen LogP contribution in [0.25, 0.3) is 0 Å². The number of aliphatic hydroxyl groups excluding tert-OH is 1. The van der Waals surface area contributed by atoms with E-state index < -0.39 is 6.10 Å². The summed E-state index contributed by atoms with van der Waals surface area (Å²) >= 11 is 0. The van der Waals surface area contributed by atoms with Crippen LogP contribution < -0.4 is 0 Å². The second-order valence-electron chi connectivity index (χ2n) is 4.35. The molecule has 1 aliphatic heterocycles. The van der Waals surface area contributed by atoms with Gasteiger partial charge in [-0.15, -0.1) is 5.10 Å². The standard InChI is InChI=1S/C11H19N3O2/c1-2-11(15)10-8-14(13-12-10)7-9-3-5-16-6-4-9/h8-9,11,15H,2-7H2,1H3. The molecular weight excluding hydrogens is 206 g/mol. The third kappa shape index (κ3) is 2.80. The summed E-state index contributed by atoms with van der Waals surface area (Å²) in [6, 6.07) is 0. The minimum atomic E-state index is -0.483. The summed E-state index contributed by atoms with van der Waals surface area (Å²) in [4.78, 5) is 0. The summed E-state index contributed by atoms with van der Waals surface area (Å²) in [6.07, 6.45) is 4.22. The van der Waals surface area contributed by atoms with Crippen LogP contribution in [0.3, 0.4) is 0 Å². The van der Waals surface area contributed by atoms with E-state index in [4.69, 9.17) is 4.74 Å². The maximum absolute atomic E-state index is 9.61. The van der Waals surface area contributed by atoms with Gasteiger partial charge in [-0.1, -0.05) is 12.1 Å². The SMILES string of the molecule is CCC(O)c1cn(CC2CCOCC2)nn1. The third-order valence-corrected chi connectivity index (χ3v) is 3.07. The van der Waals surface area contributed by atoms with Crippen LogP contribution in [0, 0.1) is 5.92 Å². The zero-order valence-electron chi connectivity index (χ0n) is 9.67. The Balaban J connectivity index is 1.91. The zero-order chi connectivity index (χ0) is 11.4. The fourth-order valence-corrected chi connectivity index (χ4v) is 1.96. The summed E-state index contributed by atoms with van der Waals surface area (Å²) in [6.45, 7) is 4.52. The van der Waals surface area contributed by atoms with Gasteiger partial charge in [0.05, 0.1) is 12.3 Å². The lowest BCUT2D eigenvalue weighted by atomic mass is 10.0. The molecular formula is C11H19N3O2. The number of nitrogens with zero attached hydrogens (tertiary/aromatic N) is 3. The van der Waals surface area contributed by atoms with Crippen LogP contribution in [0.1, 0.15) is 38.0 Å². The Bertz CT molecular complexity index is 321. The van der Waals surface area contributed by atoms with Crippen LogP contribution >= 0.6 is 0 Å². The van der Waals surface area contributed by atoms with Gasteiger partial charge in [-0.2, -0.15) is 0 Å². The second-order valence-corrected chi connectivity index (χ2v) is 4.35. The molecule has 0 spiro atoms. The highest BCUT2D eigenvalue weighted by molar-refractivity contribution is 4.96. The largest absolute Gasteiger partial charge is 0.387 e. The van der Waals surface area contributed by atoms with Crippen LogP contribution in [-0.4, -0.2) is 33.3 Å². The molecule has 0 aromatic carbocycles. The maximum Gasteiger partial charge on any atom is 0.111 e. The Morgan fingerprint density at radius 1 is 1.56 bits per heavy atom. The average molecular weight is 225 g/mol. The summed E-state index contributed by atoms with van der Waals surface area (Å²) < 4.78 is 7.15. The molecule has 5 heteroatoms. The normalized spacial score (nSPS) is 19.9. The summed E-state index contributed by atoms with van der Waals surface area (Å²) in [7, 11) is 0. The van der Waals surface area contributed by atoms with Crippen LogP contribution in [0.5, 0.6) is 0 Å². The van der Waals surface area contributed by atoms with E-state index >= 15 is 0 Å². The van der Waals surface area contributed by atoms with Gasteiger partial charge in [-0.25, -0.2) is 0 Å². The Labute approximate surface area is 95.4 Å². The van der Waals surface area contributed by atoms with E-state index in [0.29, 0.717) is 18.0 Å². The van der Waals surface area contributed by atoms with E-state index in [1.165, 1.54) is 0 Å². The van der Waals surface area contributed by atoms with Crippen LogP contribution in [0.2, 0.25) is 0 Å². The number of aliphatic hydroxyl groups is 1. The zero-order valence-corrected chi connectivity index (χ0v) is 9.67.